The molecule has 0 amide bonds. The van der Waals surface area contributed by atoms with E-state index in [2.05, 4.69) is 18.6 Å². The Kier molecular flexibility index (Phi) is 4.34. The van der Waals surface area contributed by atoms with E-state index in [1.54, 1.807) is 0 Å². The Labute approximate surface area is 119 Å². The molecule has 3 N–H and O–H groups in total. The SMILES string of the molecule is CC1CCC(NS(=O)(=O)c2ccc(F)cc2N)CC1C. The zero-order valence-corrected chi connectivity index (χ0v) is 12.6. The first kappa shape index (κ1) is 15.3. The summed E-state index contributed by atoms with van der Waals surface area (Å²) in [6, 6.07) is 3.27. The van der Waals surface area contributed by atoms with Crippen LogP contribution in [0, 0.1) is 17.7 Å². The lowest BCUT2D eigenvalue weighted by atomic mass is 9.79. The van der Waals surface area contributed by atoms with Crippen LogP contribution in [0.1, 0.15) is 33.1 Å². The first-order valence-electron chi connectivity index (χ1n) is 6.87. The zero-order valence-electron chi connectivity index (χ0n) is 11.8. The number of anilines is 1. The van der Waals surface area contributed by atoms with Crippen molar-refractivity contribution in [2.75, 3.05) is 5.73 Å². The molecule has 1 aromatic rings. The Morgan fingerprint density at radius 1 is 1.25 bits per heavy atom. The fraction of sp³-hybridized carbons (Fsp3) is 0.571. The Bertz CT molecular complexity index is 589. The van der Waals surface area contributed by atoms with Crippen molar-refractivity contribution in [2.45, 2.75) is 44.0 Å². The number of nitrogens with two attached hydrogens (primary N) is 1. The summed E-state index contributed by atoms with van der Waals surface area (Å²) in [7, 11) is -3.69. The van der Waals surface area contributed by atoms with E-state index >= 15 is 0 Å². The minimum atomic E-state index is -3.69. The summed E-state index contributed by atoms with van der Waals surface area (Å²) >= 11 is 0. The minimum absolute atomic E-state index is 0.0508. The van der Waals surface area contributed by atoms with E-state index in [1.165, 1.54) is 6.07 Å². The standard InChI is InChI=1S/C14H21FN2O2S/c1-9-3-5-12(7-10(9)2)17-20(18,19)14-6-4-11(15)8-13(14)16/h4,6,8-10,12,17H,3,5,7,16H2,1-2H3. The Balaban J connectivity index is 2.15. The van der Waals surface area contributed by atoms with Crippen LogP contribution in [0.2, 0.25) is 0 Å². The molecular formula is C14H21FN2O2S. The van der Waals surface area contributed by atoms with Gasteiger partial charge in [-0.15, -0.1) is 0 Å². The van der Waals surface area contributed by atoms with Crippen molar-refractivity contribution in [2.24, 2.45) is 11.8 Å². The summed E-state index contributed by atoms with van der Waals surface area (Å²) in [5.41, 5.74) is 5.54. The van der Waals surface area contributed by atoms with Crippen molar-refractivity contribution in [1.29, 1.82) is 0 Å². The first-order chi connectivity index (χ1) is 9.29. The van der Waals surface area contributed by atoms with E-state index < -0.39 is 15.8 Å². The molecule has 1 fully saturated rings. The molecule has 0 aliphatic heterocycles. The monoisotopic (exact) mass is 300 g/mol. The molecule has 3 atom stereocenters. The lowest BCUT2D eigenvalue weighted by Crippen LogP contribution is -2.40. The molecule has 4 nitrogen and oxygen atoms in total. The van der Waals surface area contributed by atoms with E-state index in [0.29, 0.717) is 11.8 Å². The van der Waals surface area contributed by atoms with Gasteiger partial charge in [0, 0.05) is 6.04 Å². The summed E-state index contributed by atoms with van der Waals surface area (Å²) in [4.78, 5) is -0.0508. The average molecular weight is 300 g/mol. The summed E-state index contributed by atoms with van der Waals surface area (Å²) in [5, 5.41) is 0. The molecule has 0 bridgehead atoms. The molecule has 112 valence electrons. The van der Waals surface area contributed by atoms with Crippen molar-refractivity contribution in [3.8, 4) is 0 Å². The highest BCUT2D eigenvalue weighted by atomic mass is 32.2. The molecule has 1 saturated carbocycles. The van der Waals surface area contributed by atoms with Gasteiger partial charge in [0.25, 0.3) is 0 Å². The number of benzene rings is 1. The van der Waals surface area contributed by atoms with Gasteiger partial charge in [-0.3, -0.25) is 0 Å². The number of sulfonamides is 1. The highest BCUT2D eigenvalue weighted by molar-refractivity contribution is 7.89. The molecule has 0 saturated heterocycles. The molecule has 20 heavy (non-hydrogen) atoms. The highest BCUT2D eigenvalue weighted by Crippen LogP contribution is 2.30. The summed E-state index contributed by atoms with van der Waals surface area (Å²) in [5.74, 6) is 0.565. The van der Waals surface area contributed by atoms with Crippen LogP contribution in [-0.2, 0) is 10.0 Å². The molecule has 1 aliphatic rings. The maximum Gasteiger partial charge on any atom is 0.242 e. The maximum atomic E-state index is 13.0. The molecule has 6 heteroatoms. The second-order valence-corrected chi connectivity index (χ2v) is 7.45. The van der Waals surface area contributed by atoms with Gasteiger partial charge in [-0.1, -0.05) is 13.8 Å². The maximum absolute atomic E-state index is 13.0. The van der Waals surface area contributed by atoms with Gasteiger partial charge in [0.1, 0.15) is 10.7 Å². The predicted octanol–water partition coefficient (Wildman–Crippen LogP) is 2.51. The normalized spacial score (nSPS) is 27.4. The van der Waals surface area contributed by atoms with Gasteiger partial charge in [-0.2, -0.15) is 0 Å². The summed E-state index contributed by atoms with van der Waals surface area (Å²) < 4.78 is 40.3. The second-order valence-electron chi connectivity index (χ2n) is 5.77. The van der Waals surface area contributed by atoms with Gasteiger partial charge < -0.3 is 5.73 Å². The number of hydrogen-bond acceptors (Lipinski definition) is 3. The van der Waals surface area contributed by atoms with Crippen molar-refractivity contribution >= 4 is 15.7 Å². The minimum Gasteiger partial charge on any atom is -0.398 e. The molecule has 1 aliphatic carbocycles. The molecule has 0 aromatic heterocycles. The van der Waals surface area contributed by atoms with E-state index in [9.17, 15) is 12.8 Å². The van der Waals surface area contributed by atoms with Crippen LogP contribution in [-0.4, -0.2) is 14.5 Å². The largest absolute Gasteiger partial charge is 0.398 e. The van der Waals surface area contributed by atoms with Crippen LogP contribution in [0.25, 0.3) is 0 Å². The molecule has 1 aromatic carbocycles. The third kappa shape index (κ3) is 3.30. The van der Waals surface area contributed by atoms with E-state index in [1.807, 2.05) is 0 Å². The number of halogens is 1. The Morgan fingerprint density at radius 2 is 1.95 bits per heavy atom. The van der Waals surface area contributed by atoms with Gasteiger partial charge in [0.15, 0.2) is 0 Å². The number of hydrogen-bond donors (Lipinski definition) is 2. The van der Waals surface area contributed by atoms with E-state index in [-0.39, 0.29) is 16.6 Å². The van der Waals surface area contributed by atoms with Gasteiger partial charge in [-0.25, -0.2) is 17.5 Å². The van der Waals surface area contributed by atoms with Gasteiger partial charge in [-0.05, 0) is 49.3 Å². The molecular weight excluding hydrogens is 279 g/mol. The third-order valence-electron chi connectivity index (χ3n) is 4.18. The van der Waals surface area contributed by atoms with Crippen LogP contribution in [0.3, 0.4) is 0 Å². The third-order valence-corrected chi connectivity index (χ3v) is 5.78. The van der Waals surface area contributed by atoms with E-state index in [4.69, 9.17) is 5.73 Å². The lowest BCUT2D eigenvalue weighted by molar-refractivity contribution is 0.242. The van der Waals surface area contributed by atoms with Gasteiger partial charge >= 0.3 is 0 Å². The first-order valence-corrected chi connectivity index (χ1v) is 8.35. The fourth-order valence-corrected chi connectivity index (χ4v) is 4.10. The molecule has 3 unspecified atom stereocenters. The second kappa shape index (κ2) is 5.69. The van der Waals surface area contributed by atoms with Crippen molar-refractivity contribution in [3.63, 3.8) is 0 Å². The van der Waals surface area contributed by atoms with Crippen LogP contribution in [0.15, 0.2) is 23.1 Å². The Morgan fingerprint density at radius 3 is 2.55 bits per heavy atom. The number of rotatable bonds is 3. The predicted molar refractivity (Wildman–Crippen MR) is 77.1 cm³/mol. The Hall–Kier alpha value is -1.14. The van der Waals surface area contributed by atoms with Gasteiger partial charge in [0.2, 0.25) is 10.0 Å². The van der Waals surface area contributed by atoms with Crippen LogP contribution in [0.5, 0.6) is 0 Å². The summed E-state index contributed by atoms with van der Waals surface area (Å²) in [6.07, 6.45) is 2.65. The van der Waals surface area contributed by atoms with Gasteiger partial charge in [0.05, 0.1) is 5.69 Å². The lowest BCUT2D eigenvalue weighted by Gasteiger charge is -2.32. The molecule has 0 spiro atoms. The quantitative estimate of drug-likeness (QED) is 0.843. The van der Waals surface area contributed by atoms with E-state index in [0.717, 1.165) is 31.4 Å². The number of nitrogens with one attached hydrogen (secondary N) is 1. The highest BCUT2D eigenvalue weighted by Gasteiger charge is 2.29. The fourth-order valence-electron chi connectivity index (χ4n) is 2.70. The van der Waals surface area contributed by atoms with Crippen LogP contribution < -0.4 is 10.5 Å². The zero-order chi connectivity index (χ0) is 14.9. The molecule has 0 heterocycles. The van der Waals surface area contributed by atoms with Crippen molar-refractivity contribution in [1.82, 2.24) is 4.72 Å². The number of nitrogen functional groups attached to an aromatic ring is 1. The van der Waals surface area contributed by atoms with Crippen LogP contribution >= 0.6 is 0 Å². The smallest absolute Gasteiger partial charge is 0.242 e. The molecule has 2 rings (SSSR count). The average Bonchev–Trinajstić information content (AvgIpc) is 2.33. The topological polar surface area (TPSA) is 72.2 Å². The van der Waals surface area contributed by atoms with Crippen molar-refractivity contribution in [3.05, 3.63) is 24.0 Å². The molecule has 0 radical (unpaired) electrons. The van der Waals surface area contributed by atoms with Crippen LogP contribution in [0.4, 0.5) is 10.1 Å². The summed E-state index contributed by atoms with van der Waals surface area (Å²) in [6.45, 7) is 4.32. The van der Waals surface area contributed by atoms with Crippen molar-refractivity contribution < 1.29 is 12.8 Å².